The van der Waals surface area contributed by atoms with Gasteiger partial charge in [0.25, 0.3) is 0 Å². The summed E-state index contributed by atoms with van der Waals surface area (Å²) in [6, 6.07) is 38.7. The smallest absolute Gasteiger partial charge is 0.317 e. The Balaban J connectivity index is 1.29. The molecule has 36 heavy (non-hydrogen) atoms. The van der Waals surface area contributed by atoms with Gasteiger partial charge < -0.3 is 9.47 Å². The highest BCUT2D eigenvalue weighted by Gasteiger charge is 2.21. The van der Waals surface area contributed by atoms with Crippen LogP contribution in [0, 0.1) is 0 Å². The van der Waals surface area contributed by atoms with Gasteiger partial charge in [-0.15, -0.1) is 0 Å². The van der Waals surface area contributed by atoms with Crippen LogP contribution in [-0.4, -0.2) is 23.4 Å². The second-order valence-corrected chi connectivity index (χ2v) is 10.4. The van der Waals surface area contributed by atoms with Crippen LogP contribution in [0.4, 0.5) is 0 Å². The van der Waals surface area contributed by atoms with Gasteiger partial charge in [0, 0.05) is 0 Å². The fourth-order valence-corrected chi connectivity index (χ4v) is 5.25. The lowest BCUT2D eigenvalue weighted by atomic mass is 10.0. The maximum absolute atomic E-state index is 12.6. The first kappa shape index (κ1) is 25.6. The molecule has 4 aromatic carbocycles. The molecule has 0 aliphatic heterocycles. The van der Waals surface area contributed by atoms with E-state index in [0.29, 0.717) is 0 Å². The molecule has 0 amide bonds. The zero-order chi connectivity index (χ0) is 25.0. The van der Waals surface area contributed by atoms with Gasteiger partial charge in [0.05, 0.1) is 0 Å². The van der Waals surface area contributed by atoms with E-state index in [1.54, 1.807) is 0 Å². The molecule has 182 valence electrons. The zero-order valence-corrected chi connectivity index (χ0v) is 21.2. The van der Waals surface area contributed by atoms with Gasteiger partial charge in [-0.1, -0.05) is 143 Å². The summed E-state index contributed by atoms with van der Waals surface area (Å²) in [5.74, 6) is -0.445. The maximum atomic E-state index is 12.6. The van der Waals surface area contributed by atoms with Crippen molar-refractivity contribution in [2.45, 2.75) is 12.2 Å². The van der Waals surface area contributed by atoms with Crippen molar-refractivity contribution in [2.75, 3.05) is 11.5 Å². The fraction of sp³-hybridized carbons (Fsp3) is 0.133. The van der Waals surface area contributed by atoms with Crippen LogP contribution in [-0.2, 0) is 19.1 Å². The van der Waals surface area contributed by atoms with E-state index in [9.17, 15) is 9.59 Å². The van der Waals surface area contributed by atoms with Gasteiger partial charge in [-0.2, -0.15) is 0 Å². The van der Waals surface area contributed by atoms with Crippen LogP contribution in [0.5, 0.6) is 0 Å². The van der Waals surface area contributed by atoms with Crippen LogP contribution < -0.4 is 0 Å². The van der Waals surface area contributed by atoms with Crippen molar-refractivity contribution in [3.63, 3.8) is 0 Å². The van der Waals surface area contributed by atoms with Gasteiger partial charge in [0.1, 0.15) is 11.5 Å². The molecule has 0 bridgehead atoms. The lowest BCUT2D eigenvalue weighted by molar-refractivity contribution is -0.145. The second kappa shape index (κ2) is 13.6. The molecule has 4 rings (SSSR count). The zero-order valence-electron chi connectivity index (χ0n) is 19.6. The third kappa shape index (κ3) is 7.51. The van der Waals surface area contributed by atoms with Gasteiger partial charge in [-0.25, -0.2) is 0 Å². The van der Waals surface area contributed by atoms with Crippen molar-refractivity contribution >= 4 is 33.5 Å². The molecular weight excluding hydrogens is 488 g/mol. The van der Waals surface area contributed by atoms with Gasteiger partial charge >= 0.3 is 11.9 Å². The monoisotopic (exact) mass is 514 g/mol. The average Bonchev–Trinajstić information content (AvgIpc) is 2.94. The molecule has 0 saturated heterocycles. The van der Waals surface area contributed by atoms with E-state index in [4.69, 9.17) is 9.47 Å². The molecule has 0 fully saturated rings. The molecule has 0 aliphatic carbocycles. The second-order valence-electron chi connectivity index (χ2n) is 7.91. The van der Waals surface area contributed by atoms with E-state index >= 15 is 0 Å². The lowest BCUT2D eigenvalue weighted by Gasteiger charge is -2.19. The summed E-state index contributed by atoms with van der Waals surface area (Å²) in [4.78, 5) is 25.2. The summed E-state index contributed by atoms with van der Waals surface area (Å²) in [5.41, 5.74) is 3.63. The Morgan fingerprint density at radius 1 is 0.472 bits per heavy atom. The summed E-state index contributed by atoms with van der Waals surface area (Å²) in [6.07, 6.45) is -0.957. The van der Waals surface area contributed by atoms with Crippen molar-refractivity contribution in [1.29, 1.82) is 0 Å². The minimum Gasteiger partial charge on any atom is -0.452 e. The molecule has 0 aliphatic rings. The number of rotatable bonds is 11. The topological polar surface area (TPSA) is 52.6 Å². The molecule has 0 radical (unpaired) electrons. The molecule has 6 heteroatoms. The summed E-state index contributed by atoms with van der Waals surface area (Å²) in [7, 11) is 2.56. The van der Waals surface area contributed by atoms with Crippen molar-refractivity contribution in [3.05, 3.63) is 144 Å². The largest absolute Gasteiger partial charge is 0.452 e. The quantitative estimate of drug-likeness (QED) is 0.122. The van der Waals surface area contributed by atoms with E-state index in [0.717, 1.165) is 22.3 Å². The normalized spacial score (nSPS) is 10.8. The highest BCUT2D eigenvalue weighted by molar-refractivity contribution is 8.77. The van der Waals surface area contributed by atoms with Crippen LogP contribution in [0.15, 0.2) is 121 Å². The Morgan fingerprint density at radius 3 is 0.972 bits per heavy atom. The first-order valence-corrected chi connectivity index (χ1v) is 14.0. The molecular formula is C30H26O4S2. The molecule has 0 N–H and O–H groups in total. The third-order valence-electron chi connectivity index (χ3n) is 5.34. The molecule has 4 aromatic rings. The third-order valence-corrected chi connectivity index (χ3v) is 7.43. The standard InChI is InChI=1S/C30H26O4S2/c31-27(33-29(23-13-5-1-6-14-23)24-15-7-2-8-16-24)21-35-36-22-28(32)34-30(25-17-9-3-10-18-25)26-19-11-4-12-20-26/h1-20,29-30H,21-22H2. The SMILES string of the molecule is O=C(CSSCC(=O)OC(c1ccccc1)c1ccccc1)OC(c1ccccc1)c1ccccc1. The van der Waals surface area contributed by atoms with Crippen LogP contribution in [0.3, 0.4) is 0 Å². The number of carbonyl (C=O) groups excluding carboxylic acids is 2. The Morgan fingerprint density at radius 2 is 0.722 bits per heavy atom. The fourth-order valence-electron chi connectivity index (χ4n) is 3.68. The van der Waals surface area contributed by atoms with Gasteiger partial charge in [-0.3, -0.25) is 9.59 Å². The summed E-state index contributed by atoms with van der Waals surface area (Å²) >= 11 is 0. The van der Waals surface area contributed by atoms with E-state index in [1.807, 2.05) is 121 Å². The van der Waals surface area contributed by atoms with Crippen molar-refractivity contribution in [2.24, 2.45) is 0 Å². The number of hydrogen-bond acceptors (Lipinski definition) is 6. The van der Waals surface area contributed by atoms with Crippen molar-refractivity contribution in [1.82, 2.24) is 0 Å². The van der Waals surface area contributed by atoms with E-state index < -0.39 is 12.2 Å². The predicted molar refractivity (Wildman–Crippen MR) is 147 cm³/mol. The molecule has 0 heterocycles. The highest BCUT2D eigenvalue weighted by atomic mass is 33.1. The van der Waals surface area contributed by atoms with E-state index in [1.165, 1.54) is 21.6 Å². The number of hydrogen-bond donors (Lipinski definition) is 0. The van der Waals surface area contributed by atoms with Crippen LogP contribution in [0.1, 0.15) is 34.5 Å². The van der Waals surface area contributed by atoms with Gasteiger partial charge in [0.2, 0.25) is 0 Å². The highest BCUT2D eigenvalue weighted by Crippen LogP contribution is 2.30. The molecule has 0 atom stereocenters. The van der Waals surface area contributed by atoms with Crippen LogP contribution >= 0.6 is 21.6 Å². The van der Waals surface area contributed by atoms with Crippen molar-refractivity contribution in [3.8, 4) is 0 Å². The summed E-state index contributed by atoms with van der Waals surface area (Å²) in [6.45, 7) is 0. The Bertz CT molecular complexity index is 1040. The number of benzene rings is 4. The summed E-state index contributed by atoms with van der Waals surface area (Å²) in [5, 5.41) is 0. The summed E-state index contributed by atoms with van der Waals surface area (Å²) < 4.78 is 11.6. The molecule has 0 aromatic heterocycles. The first-order chi connectivity index (χ1) is 17.7. The minimum absolute atomic E-state index is 0.120. The predicted octanol–water partition coefficient (Wildman–Crippen LogP) is 7.03. The molecule has 0 spiro atoms. The average molecular weight is 515 g/mol. The van der Waals surface area contributed by atoms with Crippen LogP contribution in [0.2, 0.25) is 0 Å². The van der Waals surface area contributed by atoms with E-state index in [2.05, 4.69) is 0 Å². The van der Waals surface area contributed by atoms with Gasteiger partial charge in [-0.05, 0) is 22.3 Å². The Kier molecular flexibility index (Phi) is 9.65. The molecule has 0 unspecified atom stereocenters. The number of ether oxygens (including phenoxy) is 2. The lowest BCUT2D eigenvalue weighted by Crippen LogP contribution is -2.15. The van der Waals surface area contributed by atoms with E-state index in [-0.39, 0.29) is 23.4 Å². The van der Waals surface area contributed by atoms with Crippen molar-refractivity contribution < 1.29 is 19.1 Å². The molecule has 0 saturated carbocycles. The Hall–Kier alpha value is -3.48. The van der Waals surface area contributed by atoms with Gasteiger partial charge in [0.15, 0.2) is 12.2 Å². The molecule has 4 nitrogen and oxygen atoms in total. The first-order valence-electron chi connectivity index (χ1n) is 11.5. The van der Waals surface area contributed by atoms with Crippen LogP contribution in [0.25, 0.3) is 0 Å². The maximum Gasteiger partial charge on any atom is 0.317 e. The Labute approximate surface area is 219 Å². The number of esters is 2. The number of carbonyl (C=O) groups is 2. The minimum atomic E-state index is -0.479.